The van der Waals surface area contributed by atoms with Gasteiger partial charge in [0, 0.05) is 30.1 Å². The minimum Gasteiger partial charge on any atom is -0.325 e. The molecule has 1 aromatic heterocycles. The van der Waals surface area contributed by atoms with E-state index in [1.165, 1.54) is 0 Å². The van der Waals surface area contributed by atoms with Crippen molar-refractivity contribution in [3.05, 3.63) is 65.5 Å². The molecule has 0 radical (unpaired) electrons. The molecule has 0 saturated carbocycles. The second-order valence-electron chi connectivity index (χ2n) is 5.21. The topological polar surface area (TPSA) is 33.2 Å². The van der Waals surface area contributed by atoms with E-state index in [-0.39, 0.29) is 11.4 Å². The molecule has 1 atom stereocenters. The Kier molecular flexibility index (Phi) is 2.07. The molecule has 0 N–H and O–H groups in total. The van der Waals surface area contributed by atoms with Crippen molar-refractivity contribution in [3.8, 4) is 0 Å². The van der Waals surface area contributed by atoms with Crippen molar-refractivity contribution < 1.29 is 4.79 Å². The highest BCUT2D eigenvalue weighted by molar-refractivity contribution is 6.01. The molecule has 0 bridgehead atoms. The van der Waals surface area contributed by atoms with Crippen LogP contribution in [0.5, 0.6) is 0 Å². The number of rotatable bonds is 1. The third kappa shape index (κ3) is 1.22. The monoisotopic (exact) mass is 250 g/mol. The van der Waals surface area contributed by atoms with Crippen LogP contribution in [0.2, 0.25) is 0 Å². The summed E-state index contributed by atoms with van der Waals surface area (Å²) in [7, 11) is 0. The molecule has 94 valence electrons. The lowest BCUT2D eigenvalue weighted by Gasteiger charge is -2.33. The van der Waals surface area contributed by atoms with Gasteiger partial charge in [-0.05, 0) is 30.5 Å². The average molecular weight is 250 g/mol. The molecule has 2 aromatic rings. The van der Waals surface area contributed by atoms with Gasteiger partial charge in [0.2, 0.25) is 0 Å². The first-order valence-electron chi connectivity index (χ1n) is 6.66. The Morgan fingerprint density at radius 2 is 2.05 bits per heavy atom. The van der Waals surface area contributed by atoms with Crippen LogP contribution in [0.4, 0.5) is 0 Å². The summed E-state index contributed by atoms with van der Waals surface area (Å²) in [6, 6.07) is 12.0. The summed E-state index contributed by atoms with van der Waals surface area (Å²) in [4.78, 5) is 18.8. The second kappa shape index (κ2) is 3.67. The van der Waals surface area contributed by atoms with E-state index in [9.17, 15) is 4.79 Å². The van der Waals surface area contributed by atoms with Gasteiger partial charge in [0.25, 0.3) is 5.91 Å². The summed E-state index contributed by atoms with van der Waals surface area (Å²) >= 11 is 0. The highest BCUT2D eigenvalue weighted by atomic mass is 16.2. The van der Waals surface area contributed by atoms with Crippen LogP contribution in [0, 0.1) is 0 Å². The van der Waals surface area contributed by atoms with Crippen LogP contribution in [-0.4, -0.2) is 22.3 Å². The Morgan fingerprint density at radius 3 is 2.89 bits per heavy atom. The van der Waals surface area contributed by atoms with Crippen molar-refractivity contribution in [2.24, 2.45) is 0 Å². The number of pyridine rings is 1. The van der Waals surface area contributed by atoms with Gasteiger partial charge < -0.3 is 4.90 Å². The highest BCUT2D eigenvalue weighted by Crippen LogP contribution is 2.50. The number of amides is 1. The molecule has 1 saturated heterocycles. The zero-order valence-corrected chi connectivity index (χ0v) is 10.5. The Morgan fingerprint density at radius 1 is 1.16 bits per heavy atom. The lowest BCUT2D eigenvalue weighted by Crippen LogP contribution is -2.39. The van der Waals surface area contributed by atoms with Crippen LogP contribution in [0.3, 0.4) is 0 Å². The van der Waals surface area contributed by atoms with Crippen molar-refractivity contribution in [3.63, 3.8) is 0 Å². The highest BCUT2D eigenvalue weighted by Gasteiger charge is 2.53. The summed E-state index contributed by atoms with van der Waals surface area (Å²) in [6.07, 6.45) is 5.71. The minimum atomic E-state index is -0.276. The zero-order valence-electron chi connectivity index (χ0n) is 10.5. The van der Waals surface area contributed by atoms with Crippen LogP contribution in [-0.2, 0) is 5.54 Å². The molecule has 3 heteroatoms. The van der Waals surface area contributed by atoms with Gasteiger partial charge in [-0.2, -0.15) is 0 Å². The molecule has 4 rings (SSSR count). The maximum atomic E-state index is 12.6. The van der Waals surface area contributed by atoms with Crippen molar-refractivity contribution in [1.82, 2.24) is 9.88 Å². The van der Waals surface area contributed by atoms with Crippen molar-refractivity contribution >= 4 is 5.91 Å². The van der Waals surface area contributed by atoms with Gasteiger partial charge in [-0.25, -0.2) is 0 Å². The lowest BCUT2D eigenvalue weighted by atomic mass is 9.82. The Bertz CT molecular complexity index is 653. The number of carbonyl (C=O) groups is 1. The quantitative estimate of drug-likeness (QED) is 0.779. The van der Waals surface area contributed by atoms with Crippen molar-refractivity contribution in [1.29, 1.82) is 0 Å². The third-order valence-electron chi connectivity index (χ3n) is 4.37. The number of aromatic nitrogens is 1. The third-order valence-corrected chi connectivity index (χ3v) is 4.37. The predicted octanol–water partition coefficient (Wildman–Crippen LogP) is 2.57. The van der Waals surface area contributed by atoms with E-state index in [1.807, 2.05) is 35.4 Å². The van der Waals surface area contributed by atoms with E-state index in [0.29, 0.717) is 0 Å². The van der Waals surface area contributed by atoms with E-state index in [1.54, 1.807) is 6.20 Å². The molecular formula is C16H14N2O. The molecule has 0 spiro atoms. The zero-order chi connectivity index (χ0) is 12.9. The molecule has 1 aromatic carbocycles. The summed E-state index contributed by atoms with van der Waals surface area (Å²) in [6.45, 7) is 0.836. The van der Waals surface area contributed by atoms with Gasteiger partial charge in [-0.15, -0.1) is 0 Å². The molecule has 3 nitrogen and oxygen atoms in total. The number of carbonyl (C=O) groups excluding carboxylic acids is 1. The summed E-state index contributed by atoms with van der Waals surface area (Å²) in [5, 5.41) is 0. The molecule has 1 amide bonds. The SMILES string of the molecule is O=C1c2ccccc2C2(c3cccnc3)CCCN12. The van der Waals surface area contributed by atoms with Gasteiger partial charge in [-0.3, -0.25) is 9.78 Å². The fraction of sp³-hybridized carbons (Fsp3) is 0.250. The molecule has 1 fully saturated rings. The second-order valence-corrected chi connectivity index (χ2v) is 5.21. The van der Waals surface area contributed by atoms with Crippen LogP contribution in [0.25, 0.3) is 0 Å². The Hall–Kier alpha value is -2.16. The fourth-order valence-electron chi connectivity index (χ4n) is 3.61. The first-order chi connectivity index (χ1) is 9.34. The standard InChI is InChI=1S/C16H14N2O/c19-15-13-6-1-2-7-14(13)16(8-4-10-18(15)16)12-5-3-9-17-11-12/h1-3,5-7,9,11H,4,8,10H2. The minimum absolute atomic E-state index is 0.164. The van der Waals surface area contributed by atoms with Crippen LogP contribution < -0.4 is 0 Å². The molecular weight excluding hydrogens is 236 g/mol. The van der Waals surface area contributed by atoms with Crippen LogP contribution >= 0.6 is 0 Å². The number of benzene rings is 1. The number of fused-ring (bicyclic) bond motifs is 3. The largest absolute Gasteiger partial charge is 0.325 e. The van der Waals surface area contributed by atoms with Crippen LogP contribution in [0.15, 0.2) is 48.8 Å². The van der Waals surface area contributed by atoms with Gasteiger partial charge in [-0.1, -0.05) is 24.3 Å². The predicted molar refractivity (Wildman–Crippen MR) is 71.7 cm³/mol. The Balaban J connectivity index is 2.02. The van der Waals surface area contributed by atoms with E-state index in [0.717, 1.165) is 36.1 Å². The maximum Gasteiger partial charge on any atom is 0.255 e. The van der Waals surface area contributed by atoms with E-state index >= 15 is 0 Å². The fourth-order valence-corrected chi connectivity index (χ4v) is 3.61. The molecule has 3 heterocycles. The van der Waals surface area contributed by atoms with Gasteiger partial charge in [0.05, 0.1) is 5.54 Å². The van der Waals surface area contributed by atoms with Gasteiger partial charge in [0.1, 0.15) is 0 Å². The molecule has 19 heavy (non-hydrogen) atoms. The smallest absolute Gasteiger partial charge is 0.255 e. The number of hydrogen-bond acceptors (Lipinski definition) is 2. The van der Waals surface area contributed by atoms with E-state index < -0.39 is 0 Å². The molecule has 2 aliphatic rings. The first kappa shape index (κ1) is 10.7. The van der Waals surface area contributed by atoms with Crippen LogP contribution in [0.1, 0.15) is 34.3 Å². The van der Waals surface area contributed by atoms with E-state index in [4.69, 9.17) is 0 Å². The summed E-state index contributed by atoms with van der Waals surface area (Å²) < 4.78 is 0. The van der Waals surface area contributed by atoms with Crippen molar-refractivity contribution in [2.75, 3.05) is 6.54 Å². The number of nitrogens with zero attached hydrogens (tertiary/aromatic N) is 2. The lowest BCUT2D eigenvalue weighted by molar-refractivity contribution is 0.0711. The van der Waals surface area contributed by atoms with Gasteiger partial charge >= 0.3 is 0 Å². The Labute approximate surface area is 111 Å². The normalized spacial score (nSPS) is 24.4. The first-order valence-corrected chi connectivity index (χ1v) is 6.66. The van der Waals surface area contributed by atoms with E-state index in [2.05, 4.69) is 17.1 Å². The summed E-state index contributed by atoms with van der Waals surface area (Å²) in [5.41, 5.74) is 2.85. The van der Waals surface area contributed by atoms with Gasteiger partial charge in [0.15, 0.2) is 0 Å². The molecule has 0 aliphatic carbocycles. The average Bonchev–Trinajstić information content (AvgIpc) is 3.01. The molecule has 2 aliphatic heterocycles. The maximum absolute atomic E-state index is 12.6. The number of hydrogen-bond donors (Lipinski definition) is 0. The van der Waals surface area contributed by atoms with Crippen molar-refractivity contribution in [2.45, 2.75) is 18.4 Å². The molecule has 1 unspecified atom stereocenters. The summed E-state index contributed by atoms with van der Waals surface area (Å²) in [5.74, 6) is 0.164.